The molecule has 0 saturated heterocycles. The van der Waals surface area contributed by atoms with Gasteiger partial charge in [0, 0.05) is 0 Å². The molecule has 0 spiro atoms. The van der Waals surface area contributed by atoms with Crippen LogP contribution < -0.4 is 5.32 Å². The highest BCUT2D eigenvalue weighted by Crippen LogP contribution is 2.25. The molecule has 1 heterocycles. The second-order valence-electron chi connectivity index (χ2n) is 4.14. The molecule has 6 heteroatoms. The number of aromatic nitrogens is 1. The molecule has 0 fully saturated rings. The second kappa shape index (κ2) is 5.64. The number of benzene rings is 1. The van der Waals surface area contributed by atoms with Gasteiger partial charge >= 0.3 is 5.97 Å². The molecule has 2 rings (SSSR count). The number of carboxylic acid groups (broad SMARTS) is 1. The van der Waals surface area contributed by atoms with Gasteiger partial charge in [0.2, 0.25) is 0 Å². The summed E-state index contributed by atoms with van der Waals surface area (Å²) in [6, 6.07) is 4.53. The average Bonchev–Trinajstić information content (AvgIpc) is 2.40. The molecule has 104 valence electrons. The van der Waals surface area contributed by atoms with E-state index >= 15 is 0 Å². The number of nitrogens with one attached hydrogen (secondary N) is 1. The van der Waals surface area contributed by atoms with Gasteiger partial charge in [0.1, 0.15) is 11.4 Å². The zero-order valence-electron chi connectivity index (χ0n) is 10.7. The minimum Gasteiger partial charge on any atom is -0.478 e. The highest BCUT2D eigenvalue weighted by atomic mass is 19.1. The summed E-state index contributed by atoms with van der Waals surface area (Å²) in [5.41, 5.74) is 0.209. The topological polar surface area (TPSA) is 62.2 Å². The highest BCUT2D eigenvalue weighted by molar-refractivity contribution is 5.95. The maximum Gasteiger partial charge on any atom is 0.340 e. The molecule has 0 unspecified atom stereocenters. The minimum atomic E-state index is -1.45. The largest absolute Gasteiger partial charge is 0.478 e. The van der Waals surface area contributed by atoms with Gasteiger partial charge in [-0.05, 0) is 24.1 Å². The number of aryl methyl sites for hydroxylation is 1. The maximum absolute atomic E-state index is 13.8. The molecule has 20 heavy (non-hydrogen) atoms. The molecular weight excluding hydrogens is 266 g/mol. The third-order valence-corrected chi connectivity index (χ3v) is 2.82. The highest BCUT2D eigenvalue weighted by Gasteiger charge is 2.17. The Morgan fingerprint density at radius 1 is 1.25 bits per heavy atom. The summed E-state index contributed by atoms with van der Waals surface area (Å²) in [6.07, 6.45) is 2.62. The molecule has 2 aromatic rings. The van der Waals surface area contributed by atoms with Crippen LogP contribution in [0.2, 0.25) is 0 Å². The van der Waals surface area contributed by atoms with Gasteiger partial charge in [-0.15, -0.1) is 0 Å². The summed E-state index contributed by atoms with van der Waals surface area (Å²) < 4.78 is 27.3. The third kappa shape index (κ3) is 2.74. The van der Waals surface area contributed by atoms with Gasteiger partial charge < -0.3 is 10.4 Å². The average molecular weight is 278 g/mol. The lowest BCUT2D eigenvalue weighted by Crippen LogP contribution is -2.07. The zero-order valence-corrected chi connectivity index (χ0v) is 10.7. The number of rotatable bonds is 4. The van der Waals surface area contributed by atoms with E-state index in [1.54, 1.807) is 6.07 Å². The van der Waals surface area contributed by atoms with E-state index in [0.717, 1.165) is 18.0 Å². The van der Waals surface area contributed by atoms with Gasteiger partial charge in [0.25, 0.3) is 0 Å². The van der Waals surface area contributed by atoms with Crippen molar-refractivity contribution >= 4 is 17.3 Å². The Morgan fingerprint density at radius 2 is 2.00 bits per heavy atom. The fourth-order valence-corrected chi connectivity index (χ4v) is 1.77. The van der Waals surface area contributed by atoms with Crippen LogP contribution in [0.5, 0.6) is 0 Å². The fraction of sp³-hybridized carbons (Fsp3) is 0.143. The number of anilines is 2. The Balaban J connectivity index is 2.40. The molecular formula is C14H12F2N2O2. The lowest BCUT2D eigenvalue weighted by molar-refractivity contribution is 0.0693. The summed E-state index contributed by atoms with van der Waals surface area (Å²) >= 11 is 0. The summed E-state index contributed by atoms with van der Waals surface area (Å²) in [4.78, 5) is 14.6. The Hall–Kier alpha value is -2.50. The van der Waals surface area contributed by atoms with Gasteiger partial charge in [-0.25, -0.2) is 13.6 Å². The third-order valence-electron chi connectivity index (χ3n) is 2.82. The van der Waals surface area contributed by atoms with E-state index in [4.69, 9.17) is 5.11 Å². The molecule has 0 aliphatic heterocycles. The smallest absolute Gasteiger partial charge is 0.340 e. The Bertz CT molecular complexity index is 660. The van der Waals surface area contributed by atoms with E-state index in [-0.39, 0.29) is 11.4 Å². The standard InChI is InChI=1S/C14H12F2N2O2/c1-2-8-3-4-11(9(15)5-8)18-12-7-17-6-10(16)13(12)14(19)20/h3-7,18H,2H2,1H3,(H,19,20). The SMILES string of the molecule is CCc1ccc(Nc2cncc(F)c2C(=O)O)c(F)c1. The molecule has 2 N–H and O–H groups in total. The first kappa shape index (κ1) is 13.9. The second-order valence-corrected chi connectivity index (χ2v) is 4.14. The minimum absolute atomic E-state index is 0.0668. The summed E-state index contributed by atoms with van der Waals surface area (Å²) in [5, 5.41) is 11.5. The predicted molar refractivity (Wildman–Crippen MR) is 70.2 cm³/mol. The number of hydrogen-bond donors (Lipinski definition) is 2. The van der Waals surface area contributed by atoms with Crippen molar-refractivity contribution in [3.05, 3.63) is 53.4 Å². The van der Waals surface area contributed by atoms with Crippen molar-refractivity contribution in [1.82, 2.24) is 4.98 Å². The Labute approximate surface area is 114 Å². The number of carbonyl (C=O) groups is 1. The normalized spacial score (nSPS) is 10.3. The number of nitrogens with zero attached hydrogens (tertiary/aromatic N) is 1. The number of carboxylic acids is 1. The zero-order chi connectivity index (χ0) is 14.7. The monoisotopic (exact) mass is 278 g/mol. The first-order valence-corrected chi connectivity index (χ1v) is 5.95. The van der Waals surface area contributed by atoms with Crippen LogP contribution in [0, 0.1) is 11.6 Å². The summed E-state index contributed by atoms with van der Waals surface area (Å²) in [6.45, 7) is 1.89. The van der Waals surface area contributed by atoms with E-state index in [1.165, 1.54) is 12.1 Å². The van der Waals surface area contributed by atoms with Crippen LogP contribution in [-0.4, -0.2) is 16.1 Å². The van der Waals surface area contributed by atoms with E-state index in [9.17, 15) is 13.6 Å². The van der Waals surface area contributed by atoms with E-state index in [2.05, 4.69) is 10.3 Å². The van der Waals surface area contributed by atoms with E-state index < -0.39 is 23.2 Å². The number of halogens is 2. The lowest BCUT2D eigenvalue weighted by Gasteiger charge is -2.11. The molecule has 0 aliphatic carbocycles. The van der Waals surface area contributed by atoms with E-state index in [0.29, 0.717) is 6.42 Å². The fourth-order valence-electron chi connectivity index (χ4n) is 1.77. The molecule has 0 amide bonds. The number of pyridine rings is 1. The number of hydrogen-bond acceptors (Lipinski definition) is 3. The Kier molecular flexibility index (Phi) is 3.93. The van der Waals surface area contributed by atoms with Crippen molar-refractivity contribution in [2.45, 2.75) is 13.3 Å². The van der Waals surface area contributed by atoms with Crippen molar-refractivity contribution in [3.63, 3.8) is 0 Å². The first-order valence-electron chi connectivity index (χ1n) is 5.95. The van der Waals surface area contributed by atoms with Gasteiger partial charge in [-0.1, -0.05) is 13.0 Å². The molecule has 0 radical (unpaired) electrons. The van der Waals surface area contributed by atoms with Crippen LogP contribution in [0.25, 0.3) is 0 Å². The van der Waals surface area contributed by atoms with Crippen LogP contribution in [0.3, 0.4) is 0 Å². The van der Waals surface area contributed by atoms with Gasteiger partial charge in [0.05, 0.1) is 23.8 Å². The van der Waals surface area contributed by atoms with Crippen LogP contribution >= 0.6 is 0 Å². The molecule has 0 aliphatic rings. The molecule has 1 aromatic carbocycles. The molecule has 0 bridgehead atoms. The van der Waals surface area contributed by atoms with Crippen molar-refractivity contribution in [2.24, 2.45) is 0 Å². The predicted octanol–water partition coefficient (Wildman–Crippen LogP) is 3.36. The maximum atomic E-state index is 13.8. The van der Waals surface area contributed by atoms with Crippen molar-refractivity contribution in [3.8, 4) is 0 Å². The van der Waals surface area contributed by atoms with Crippen LogP contribution in [0.15, 0.2) is 30.6 Å². The van der Waals surface area contributed by atoms with Gasteiger partial charge in [-0.2, -0.15) is 0 Å². The molecule has 1 aromatic heterocycles. The molecule has 0 saturated carbocycles. The number of aromatic carboxylic acids is 1. The van der Waals surface area contributed by atoms with Crippen LogP contribution in [-0.2, 0) is 6.42 Å². The van der Waals surface area contributed by atoms with Gasteiger partial charge in [0.15, 0.2) is 5.82 Å². The molecule has 0 atom stereocenters. The van der Waals surface area contributed by atoms with E-state index in [1.807, 2.05) is 6.92 Å². The van der Waals surface area contributed by atoms with Crippen LogP contribution in [0.1, 0.15) is 22.8 Å². The van der Waals surface area contributed by atoms with Crippen molar-refractivity contribution < 1.29 is 18.7 Å². The lowest BCUT2D eigenvalue weighted by atomic mass is 10.1. The molecule has 4 nitrogen and oxygen atoms in total. The summed E-state index contributed by atoms with van der Waals surface area (Å²) in [5.74, 6) is -2.96. The van der Waals surface area contributed by atoms with Gasteiger partial charge in [-0.3, -0.25) is 4.98 Å². The quantitative estimate of drug-likeness (QED) is 0.900. The first-order chi connectivity index (χ1) is 9.52. The Morgan fingerprint density at radius 3 is 2.60 bits per heavy atom. The van der Waals surface area contributed by atoms with Crippen molar-refractivity contribution in [1.29, 1.82) is 0 Å². The van der Waals surface area contributed by atoms with Crippen molar-refractivity contribution in [2.75, 3.05) is 5.32 Å². The van der Waals surface area contributed by atoms with Crippen LogP contribution in [0.4, 0.5) is 20.2 Å². The summed E-state index contributed by atoms with van der Waals surface area (Å²) in [7, 11) is 0.